The first kappa shape index (κ1) is 18.8. The Balaban J connectivity index is 2.03. The molecule has 24 heavy (non-hydrogen) atoms. The summed E-state index contributed by atoms with van der Waals surface area (Å²) in [5.74, 6) is 0.701. The van der Waals surface area contributed by atoms with E-state index in [0.29, 0.717) is 12.2 Å². The van der Waals surface area contributed by atoms with Gasteiger partial charge in [0.1, 0.15) is 18.0 Å². The number of rotatable bonds is 5. The van der Waals surface area contributed by atoms with Gasteiger partial charge in [-0.25, -0.2) is 9.93 Å². The molecule has 8 nitrogen and oxygen atoms in total. The van der Waals surface area contributed by atoms with E-state index in [0.717, 1.165) is 5.56 Å². The molecular weight excluding hydrogens is 354 g/mol. The number of thiol groups is 1. The van der Waals surface area contributed by atoms with E-state index in [1.807, 2.05) is 0 Å². The van der Waals surface area contributed by atoms with E-state index in [1.165, 1.54) is 4.90 Å². The molecule has 3 N–H and O–H groups in total. The third-order valence-corrected chi connectivity index (χ3v) is 4.80. The standard InChI is InChI=1S/C14H21N3O5S2/c1-14(16-24(15,19)20)7-12(23)8-17(14)13(18)22-9-10-3-5-11(21-2)6-4-10/h3-6,12,16,23H,7-9H2,1-2H3,(H2,15,19,20)/t12-,14+/m0/s1. The van der Waals surface area contributed by atoms with Crippen molar-refractivity contribution in [1.29, 1.82) is 0 Å². The van der Waals surface area contributed by atoms with E-state index in [4.69, 9.17) is 14.6 Å². The average molecular weight is 375 g/mol. The Morgan fingerprint density at radius 3 is 2.62 bits per heavy atom. The first-order valence-electron chi connectivity index (χ1n) is 7.20. The summed E-state index contributed by atoms with van der Waals surface area (Å²) in [6.45, 7) is 1.88. The smallest absolute Gasteiger partial charge is 0.411 e. The lowest BCUT2D eigenvalue weighted by Crippen LogP contribution is -2.58. The van der Waals surface area contributed by atoms with E-state index in [9.17, 15) is 13.2 Å². The molecule has 0 unspecified atom stereocenters. The predicted octanol–water partition coefficient (Wildman–Crippen LogP) is 0.845. The van der Waals surface area contributed by atoms with Gasteiger partial charge in [0.05, 0.1) is 7.11 Å². The summed E-state index contributed by atoms with van der Waals surface area (Å²) in [6.07, 6.45) is -0.314. The number of nitrogens with zero attached hydrogens (tertiary/aromatic N) is 1. The Kier molecular flexibility index (Phi) is 5.63. The molecule has 1 heterocycles. The summed E-state index contributed by atoms with van der Waals surface area (Å²) >= 11 is 4.33. The maximum Gasteiger partial charge on any atom is 0.411 e. The van der Waals surface area contributed by atoms with Crippen LogP contribution in [0.25, 0.3) is 0 Å². The van der Waals surface area contributed by atoms with Crippen LogP contribution in [0.5, 0.6) is 5.75 Å². The summed E-state index contributed by atoms with van der Waals surface area (Å²) in [4.78, 5) is 13.6. The van der Waals surface area contributed by atoms with Crippen molar-refractivity contribution >= 4 is 28.9 Å². The molecule has 1 amide bonds. The number of hydrogen-bond acceptors (Lipinski definition) is 6. The van der Waals surface area contributed by atoms with Crippen molar-refractivity contribution < 1.29 is 22.7 Å². The van der Waals surface area contributed by atoms with Crippen LogP contribution in [-0.2, 0) is 21.6 Å². The van der Waals surface area contributed by atoms with Gasteiger partial charge < -0.3 is 9.47 Å². The van der Waals surface area contributed by atoms with E-state index in [2.05, 4.69) is 17.4 Å². The van der Waals surface area contributed by atoms with Gasteiger partial charge in [-0.2, -0.15) is 25.8 Å². The minimum Gasteiger partial charge on any atom is -0.497 e. The largest absolute Gasteiger partial charge is 0.497 e. The fraction of sp³-hybridized carbons (Fsp3) is 0.500. The van der Waals surface area contributed by atoms with Crippen LogP contribution in [0.1, 0.15) is 18.9 Å². The normalized spacial score (nSPS) is 24.0. The van der Waals surface area contributed by atoms with Gasteiger partial charge in [0.2, 0.25) is 0 Å². The molecule has 2 rings (SSSR count). The summed E-state index contributed by atoms with van der Waals surface area (Å²) in [5, 5.41) is 4.86. The van der Waals surface area contributed by atoms with Crippen molar-refractivity contribution in [3.63, 3.8) is 0 Å². The lowest BCUT2D eigenvalue weighted by Gasteiger charge is -2.33. The molecule has 10 heteroatoms. The minimum absolute atomic E-state index is 0.0576. The van der Waals surface area contributed by atoms with Gasteiger partial charge in [-0.1, -0.05) is 12.1 Å². The van der Waals surface area contributed by atoms with Crippen LogP contribution in [0.15, 0.2) is 24.3 Å². The van der Waals surface area contributed by atoms with Gasteiger partial charge in [-0.05, 0) is 31.0 Å². The second kappa shape index (κ2) is 7.18. The Bertz CT molecular complexity index is 695. The number of nitrogens with one attached hydrogen (secondary N) is 1. The zero-order valence-electron chi connectivity index (χ0n) is 13.4. The third kappa shape index (κ3) is 4.76. The second-order valence-electron chi connectivity index (χ2n) is 5.79. The number of likely N-dealkylation sites (tertiary alicyclic amines) is 1. The molecule has 1 aliphatic rings. The molecule has 0 aliphatic carbocycles. The molecule has 0 spiro atoms. The van der Waals surface area contributed by atoms with Crippen molar-refractivity contribution in [2.45, 2.75) is 30.9 Å². The van der Waals surface area contributed by atoms with Crippen LogP contribution in [0.4, 0.5) is 4.79 Å². The molecule has 134 valence electrons. The van der Waals surface area contributed by atoms with Crippen molar-refractivity contribution in [3.8, 4) is 5.75 Å². The van der Waals surface area contributed by atoms with Crippen molar-refractivity contribution in [2.75, 3.05) is 13.7 Å². The fourth-order valence-corrected chi connectivity index (χ4v) is 4.00. The van der Waals surface area contributed by atoms with Crippen molar-refractivity contribution in [1.82, 2.24) is 9.62 Å². The van der Waals surface area contributed by atoms with Crippen LogP contribution >= 0.6 is 12.6 Å². The highest BCUT2D eigenvalue weighted by Gasteiger charge is 2.46. The lowest BCUT2D eigenvalue weighted by molar-refractivity contribution is 0.0668. The molecule has 0 radical (unpaired) electrons. The lowest BCUT2D eigenvalue weighted by atomic mass is 10.1. The molecular formula is C14H21N3O5S2. The Labute approximate surface area is 146 Å². The van der Waals surface area contributed by atoms with Crippen LogP contribution in [-0.4, -0.2) is 44.0 Å². The minimum atomic E-state index is -3.98. The number of nitrogens with two attached hydrogens (primary N) is 1. The number of carbonyl (C=O) groups excluding carboxylic acids is 1. The molecule has 1 aliphatic heterocycles. The third-order valence-electron chi connectivity index (χ3n) is 3.73. The summed E-state index contributed by atoms with van der Waals surface area (Å²) in [5.41, 5.74) is -0.386. The number of ether oxygens (including phenoxy) is 2. The Morgan fingerprint density at radius 1 is 1.46 bits per heavy atom. The first-order valence-corrected chi connectivity index (χ1v) is 9.26. The zero-order valence-corrected chi connectivity index (χ0v) is 15.1. The maximum absolute atomic E-state index is 12.4. The summed E-state index contributed by atoms with van der Waals surface area (Å²) in [7, 11) is -2.41. The highest BCUT2D eigenvalue weighted by atomic mass is 32.2. The van der Waals surface area contributed by atoms with Crippen LogP contribution in [0.2, 0.25) is 0 Å². The number of benzene rings is 1. The van der Waals surface area contributed by atoms with Gasteiger partial charge in [-0.15, -0.1) is 0 Å². The predicted molar refractivity (Wildman–Crippen MR) is 91.9 cm³/mol. The van der Waals surface area contributed by atoms with Gasteiger partial charge in [0.25, 0.3) is 10.2 Å². The Morgan fingerprint density at radius 2 is 2.08 bits per heavy atom. The highest BCUT2D eigenvalue weighted by Crippen LogP contribution is 2.31. The van der Waals surface area contributed by atoms with Gasteiger partial charge in [0, 0.05) is 11.8 Å². The van der Waals surface area contributed by atoms with Crippen molar-refractivity contribution in [2.24, 2.45) is 5.14 Å². The van der Waals surface area contributed by atoms with E-state index in [-0.39, 0.29) is 18.4 Å². The fourth-order valence-electron chi connectivity index (χ4n) is 2.67. The molecule has 1 aromatic rings. The molecule has 1 fully saturated rings. The molecule has 0 aromatic heterocycles. The van der Waals surface area contributed by atoms with Crippen molar-refractivity contribution in [3.05, 3.63) is 29.8 Å². The number of hydrogen-bond donors (Lipinski definition) is 3. The van der Waals surface area contributed by atoms with Crippen LogP contribution in [0, 0.1) is 0 Å². The van der Waals surface area contributed by atoms with Gasteiger partial charge >= 0.3 is 6.09 Å². The second-order valence-corrected chi connectivity index (χ2v) is 7.82. The van der Waals surface area contributed by atoms with Crippen LogP contribution in [0.3, 0.4) is 0 Å². The topological polar surface area (TPSA) is 111 Å². The van der Waals surface area contributed by atoms with E-state index >= 15 is 0 Å². The zero-order chi connectivity index (χ0) is 18.0. The van der Waals surface area contributed by atoms with Crippen LogP contribution < -0.4 is 14.6 Å². The first-order chi connectivity index (χ1) is 11.1. The van der Waals surface area contributed by atoms with Gasteiger partial charge in [-0.3, -0.25) is 4.90 Å². The molecule has 0 bridgehead atoms. The number of methoxy groups -OCH3 is 1. The Hall–Kier alpha value is -1.49. The SMILES string of the molecule is COc1ccc(COC(=O)N2C[C@@H](S)C[C@]2(C)NS(N)(=O)=O)cc1. The molecule has 1 aromatic carbocycles. The summed E-state index contributed by atoms with van der Waals surface area (Å²) in [6, 6.07) is 7.07. The van der Waals surface area contributed by atoms with E-state index in [1.54, 1.807) is 38.3 Å². The summed E-state index contributed by atoms with van der Waals surface area (Å²) < 4.78 is 35.3. The maximum atomic E-state index is 12.4. The van der Waals surface area contributed by atoms with E-state index < -0.39 is 22.0 Å². The molecule has 0 saturated carbocycles. The quantitative estimate of drug-likeness (QED) is 0.661. The number of carbonyl (C=O) groups is 1. The molecule has 2 atom stereocenters. The van der Waals surface area contributed by atoms with Gasteiger partial charge in [0.15, 0.2) is 0 Å². The average Bonchev–Trinajstić information content (AvgIpc) is 2.77. The molecule has 1 saturated heterocycles. The highest BCUT2D eigenvalue weighted by molar-refractivity contribution is 7.87. The number of amides is 1. The monoisotopic (exact) mass is 375 g/mol.